The Bertz CT molecular complexity index is 2100. The van der Waals surface area contributed by atoms with Crippen LogP contribution in [0.4, 0.5) is 0 Å². The van der Waals surface area contributed by atoms with E-state index in [9.17, 15) is 0 Å². The summed E-state index contributed by atoms with van der Waals surface area (Å²) in [6.45, 7) is 0. The smallest absolute Gasteiger partial charge is 0.0440 e. The first-order valence-electron chi connectivity index (χ1n) is 12.7. The molecule has 0 saturated heterocycles. The van der Waals surface area contributed by atoms with Gasteiger partial charge in [-0.2, -0.15) is 0 Å². The van der Waals surface area contributed by atoms with Crippen molar-refractivity contribution in [3.05, 3.63) is 133 Å². The minimum Gasteiger partial charge on any atom is -0.135 e. The number of hydrogen-bond acceptors (Lipinski definition) is 1. The van der Waals surface area contributed by atoms with Crippen molar-refractivity contribution in [1.29, 1.82) is 0 Å². The van der Waals surface area contributed by atoms with E-state index >= 15 is 0 Å². The number of hydrogen-bond donors (Lipinski definition) is 0. The molecule has 7 aromatic carbocycles. The van der Waals surface area contributed by atoms with Crippen LogP contribution in [0.25, 0.3) is 74.7 Å². The summed E-state index contributed by atoms with van der Waals surface area (Å²) in [5.74, 6) is 0. The van der Waals surface area contributed by atoms with Gasteiger partial charge in [0, 0.05) is 20.2 Å². The van der Waals surface area contributed by atoms with Gasteiger partial charge in [-0.25, -0.2) is 0 Å². The minimum atomic E-state index is 1.26. The third-order valence-corrected chi connectivity index (χ3v) is 8.87. The van der Waals surface area contributed by atoms with E-state index in [1.807, 2.05) is 11.3 Å². The molecule has 1 aromatic heterocycles. The van der Waals surface area contributed by atoms with E-state index < -0.39 is 0 Å². The minimum absolute atomic E-state index is 1.26. The van der Waals surface area contributed by atoms with Crippen LogP contribution in [0.15, 0.2) is 133 Å². The molecule has 0 unspecified atom stereocenters. The molecule has 0 radical (unpaired) electrons. The summed E-state index contributed by atoms with van der Waals surface area (Å²) < 4.78 is 2.69. The van der Waals surface area contributed by atoms with Crippen molar-refractivity contribution < 1.29 is 0 Å². The van der Waals surface area contributed by atoms with Crippen molar-refractivity contribution in [3.63, 3.8) is 0 Å². The van der Waals surface area contributed by atoms with E-state index in [1.54, 1.807) is 0 Å². The molecule has 0 saturated carbocycles. The molecule has 0 aliphatic rings. The second-order valence-corrected chi connectivity index (χ2v) is 10.7. The van der Waals surface area contributed by atoms with Gasteiger partial charge in [0.05, 0.1) is 0 Å². The molecule has 0 aliphatic carbocycles. The zero-order chi connectivity index (χ0) is 24.3. The first-order chi connectivity index (χ1) is 18.4. The van der Waals surface area contributed by atoms with Gasteiger partial charge in [0.2, 0.25) is 0 Å². The second kappa shape index (κ2) is 8.03. The molecule has 0 nitrogen and oxygen atoms in total. The Morgan fingerprint density at radius 3 is 1.59 bits per heavy atom. The molecular formula is C36H22S. The van der Waals surface area contributed by atoms with Gasteiger partial charge in [-0.05, 0) is 66.7 Å². The highest BCUT2D eigenvalue weighted by molar-refractivity contribution is 7.26. The van der Waals surface area contributed by atoms with Gasteiger partial charge in [-0.15, -0.1) is 11.3 Å². The predicted molar refractivity (Wildman–Crippen MR) is 163 cm³/mol. The molecule has 8 aromatic rings. The molecule has 0 amide bonds. The highest BCUT2D eigenvalue weighted by Gasteiger charge is 2.16. The first kappa shape index (κ1) is 20.7. The number of benzene rings is 7. The summed E-state index contributed by atoms with van der Waals surface area (Å²) in [4.78, 5) is 0. The quantitative estimate of drug-likeness (QED) is 0.213. The second-order valence-electron chi connectivity index (χ2n) is 9.68. The van der Waals surface area contributed by atoms with Gasteiger partial charge < -0.3 is 0 Å². The maximum absolute atomic E-state index is 2.41. The van der Waals surface area contributed by atoms with Crippen LogP contribution in [0.1, 0.15) is 0 Å². The zero-order valence-electron chi connectivity index (χ0n) is 20.1. The molecule has 0 bridgehead atoms. The number of thiophene rings is 1. The van der Waals surface area contributed by atoms with Crippen LogP contribution in [0, 0.1) is 0 Å². The van der Waals surface area contributed by atoms with Gasteiger partial charge in [0.1, 0.15) is 0 Å². The van der Waals surface area contributed by atoms with Gasteiger partial charge in [0.15, 0.2) is 0 Å². The van der Waals surface area contributed by atoms with E-state index in [1.165, 1.54) is 74.7 Å². The van der Waals surface area contributed by atoms with E-state index in [4.69, 9.17) is 0 Å². The van der Waals surface area contributed by atoms with Crippen LogP contribution in [-0.2, 0) is 0 Å². The summed E-state index contributed by atoms with van der Waals surface area (Å²) in [6.07, 6.45) is 0. The average molecular weight is 487 g/mol. The summed E-state index contributed by atoms with van der Waals surface area (Å²) in [5.41, 5.74) is 5.13. The molecule has 0 atom stereocenters. The summed E-state index contributed by atoms with van der Waals surface area (Å²) in [6, 6.07) is 48.9. The first-order valence-corrected chi connectivity index (χ1v) is 13.5. The van der Waals surface area contributed by atoms with Crippen LogP contribution in [-0.4, -0.2) is 0 Å². The lowest BCUT2D eigenvalue weighted by Gasteiger charge is -2.13. The fourth-order valence-corrected chi connectivity index (χ4v) is 7.25. The van der Waals surface area contributed by atoms with E-state index in [0.29, 0.717) is 0 Å². The third kappa shape index (κ3) is 3.08. The Balaban J connectivity index is 1.48. The van der Waals surface area contributed by atoms with Crippen LogP contribution < -0.4 is 0 Å². The Labute approximate surface area is 219 Å². The Hall–Kier alpha value is -4.46. The van der Waals surface area contributed by atoms with Crippen molar-refractivity contribution in [2.24, 2.45) is 0 Å². The lowest BCUT2D eigenvalue weighted by molar-refractivity contribution is 1.66. The summed E-state index contributed by atoms with van der Waals surface area (Å²) >= 11 is 1.90. The van der Waals surface area contributed by atoms with Gasteiger partial charge in [0.25, 0.3) is 0 Å². The lowest BCUT2D eigenvalue weighted by atomic mass is 9.90. The SMILES string of the molecule is c1ccc(-c2ccc(-c3ccc4c5ccccc5c5ccccc5c4c3)c3c2sc2ccccc23)cc1. The third-order valence-electron chi connectivity index (χ3n) is 7.67. The molecule has 37 heavy (non-hydrogen) atoms. The fourth-order valence-electron chi connectivity index (χ4n) is 5.99. The molecule has 0 fully saturated rings. The maximum atomic E-state index is 2.41. The Kier molecular flexibility index (Phi) is 4.49. The summed E-state index contributed by atoms with van der Waals surface area (Å²) in [5, 5.41) is 10.6. The molecule has 8 rings (SSSR count). The Morgan fingerprint density at radius 1 is 0.351 bits per heavy atom. The molecule has 172 valence electrons. The van der Waals surface area contributed by atoms with E-state index in [0.717, 1.165) is 0 Å². The van der Waals surface area contributed by atoms with Crippen molar-refractivity contribution in [2.75, 3.05) is 0 Å². The topological polar surface area (TPSA) is 0 Å². The van der Waals surface area contributed by atoms with Crippen LogP contribution in [0.2, 0.25) is 0 Å². The average Bonchev–Trinajstić information content (AvgIpc) is 3.37. The van der Waals surface area contributed by atoms with Crippen LogP contribution >= 0.6 is 11.3 Å². The highest BCUT2D eigenvalue weighted by Crippen LogP contribution is 2.46. The number of fused-ring (bicyclic) bond motifs is 9. The normalized spacial score (nSPS) is 11.8. The molecule has 1 heterocycles. The van der Waals surface area contributed by atoms with Crippen LogP contribution in [0.5, 0.6) is 0 Å². The largest absolute Gasteiger partial charge is 0.135 e. The van der Waals surface area contributed by atoms with E-state index in [2.05, 4.69) is 133 Å². The standard InChI is InChI=1S/C36H22S/c1-2-10-23(11-3-1)26-21-20-25(35-32-16-8-9-17-34(32)37-36(26)35)24-18-19-31-29-14-5-4-12-27(29)28-13-6-7-15-30(28)33(31)22-24/h1-22H. The van der Waals surface area contributed by atoms with Crippen molar-refractivity contribution >= 4 is 63.8 Å². The van der Waals surface area contributed by atoms with Gasteiger partial charge in [-0.3, -0.25) is 0 Å². The predicted octanol–water partition coefficient (Wildman–Crippen LogP) is 10.8. The van der Waals surface area contributed by atoms with Crippen molar-refractivity contribution in [3.8, 4) is 22.3 Å². The maximum Gasteiger partial charge on any atom is 0.0440 e. The lowest BCUT2D eigenvalue weighted by Crippen LogP contribution is -1.86. The number of rotatable bonds is 2. The summed E-state index contributed by atoms with van der Waals surface area (Å²) in [7, 11) is 0. The highest BCUT2D eigenvalue weighted by atomic mass is 32.1. The zero-order valence-corrected chi connectivity index (χ0v) is 20.9. The molecule has 0 spiro atoms. The molecule has 0 N–H and O–H groups in total. The van der Waals surface area contributed by atoms with Crippen LogP contribution in [0.3, 0.4) is 0 Å². The van der Waals surface area contributed by atoms with Gasteiger partial charge in [-0.1, -0.05) is 121 Å². The van der Waals surface area contributed by atoms with E-state index in [-0.39, 0.29) is 0 Å². The van der Waals surface area contributed by atoms with Crippen molar-refractivity contribution in [1.82, 2.24) is 0 Å². The molecule has 0 aliphatic heterocycles. The Morgan fingerprint density at radius 2 is 0.892 bits per heavy atom. The molecule has 1 heteroatoms. The molecular weight excluding hydrogens is 464 g/mol. The van der Waals surface area contributed by atoms with Gasteiger partial charge >= 0.3 is 0 Å². The van der Waals surface area contributed by atoms with Crippen molar-refractivity contribution in [2.45, 2.75) is 0 Å². The monoisotopic (exact) mass is 486 g/mol. The fraction of sp³-hybridized carbons (Fsp3) is 0.